The van der Waals surface area contributed by atoms with E-state index >= 15 is 0 Å². The van der Waals surface area contributed by atoms with Gasteiger partial charge in [-0.15, -0.1) is 0 Å². The molecule has 3 rings (SSSR count). The number of ether oxygens (including phenoxy) is 4. The van der Waals surface area contributed by atoms with E-state index in [1.807, 2.05) is 13.8 Å². The van der Waals surface area contributed by atoms with Gasteiger partial charge in [-0.2, -0.15) is 0 Å². The average molecular weight is 573 g/mol. The Morgan fingerprint density at radius 1 is 1.03 bits per heavy atom. The van der Waals surface area contributed by atoms with Crippen LogP contribution in [0.25, 0.3) is 6.08 Å². The average Bonchev–Trinajstić information content (AvgIpc) is 2.87. The Hall–Kier alpha value is -3.79. The van der Waals surface area contributed by atoms with Crippen molar-refractivity contribution in [2.75, 3.05) is 26.9 Å². The fourth-order valence-electron chi connectivity index (χ4n) is 3.54. The van der Waals surface area contributed by atoms with E-state index in [2.05, 4.69) is 27.8 Å². The minimum absolute atomic E-state index is 0.0647. The highest BCUT2D eigenvalue weighted by atomic mass is 79.9. The molecular formula is C27H29BrN2O7. The Morgan fingerprint density at radius 3 is 2.49 bits per heavy atom. The zero-order chi connectivity index (χ0) is 26.9. The van der Waals surface area contributed by atoms with Crippen LogP contribution >= 0.6 is 15.9 Å². The Balaban J connectivity index is 1.90. The number of urea groups is 1. The molecule has 1 aliphatic rings. The molecule has 0 unspecified atom stereocenters. The van der Waals surface area contributed by atoms with E-state index in [9.17, 15) is 14.4 Å². The van der Waals surface area contributed by atoms with Gasteiger partial charge in [0, 0.05) is 0 Å². The zero-order valence-corrected chi connectivity index (χ0v) is 22.6. The van der Waals surface area contributed by atoms with E-state index in [1.54, 1.807) is 36.4 Å². The van der Waals surface area contributed by atoms with E-state index in [4.69, 9.17) is 18.9 Å². The molecule has 2 aromatic rings. The summed E-state index contributed by atoms with van der Waals surface area (Å²) in [5, 5.41) is 2.24. The highest BCUT2D eigenvalue weighted by Crippen LogP contribution is 2.37. The second-order valence-corrected chi connectivity index (χ2v) is 8.76. The maximum atomic E-state index is 13.3. The van der Waals surface area contributed by atoms with Gasteiger partial charge < -0.3 is 18.9 Å². The van der Waals surface area contributed by atoms with Crippen molar-refractivity contribution in [3.8, 4) is 23.0 Å². The first-order valence-electron chi connectivity index (χ1n) is 11.7. The number of hydrogen-bond donors (Lipinski definition) is 1. The summed E-state index contributed by atoms with van der Waals surface area (Å²) in [6.07, 6.45) is 3.84. The van der Waals surface area contributed by atoms with Crippen LogP contribution in [-0.2, 0) is 16.1 Å². The van der Waals surface area contributed by atoms with Crippen LogP contribution in [0, 0.1) is 0 Å². The van der Waals surface area contributed by atoms with Gasteiger partial charge in [0.2, 0.25) is 0 Å². The summed E-state index contributed by atoms with van der Waals surface area (Å²) >= 11 is 3.43. The van der Waals surface area contributed by atoms with Crippen LogP contribution in [0.3, 0.4) is 0 Å². The topological polar surface area (TPSA) is 103 Å². The molecule has 10 heteroatoms. The molecule has 0 saturated carbocycles. The van der Waals surface area contributed by atoms with Crippen LogP contribution in [0.5, 0.6) is 23.0 Å². The Kier molecular flexibility index (Phi) is 9.73. The molecule has 1 heterocycles. The standard InChI is InChI=1S/C27H29BrN2O7/c1-5-10-36-21-9-8-17(14-22(21)35-7-3)16-30-26(32)19(25(31)29-27(30)33)12-18-13-20(28)24(37-11-6-2)23(15-18)34-4/h6,8-9,12-15H,2,5,7,10-11,16H2,1,3-4H3,(H,29,31,33)/b19-12+. The number of methoxy groups -OCH3 is 1. The van der Waals surface area contributed by atoms with Crippen LogP contribution in [0.1, 0.15) is 31.4 Å². The van der Waals surface area contributed by atoms with Gasteiger partial charge in [-0.3, -0.25) is 19.8 Å². The van der Waals surface area contributed by atoms with E-state index in [1.165, 1.54) is 13.2 Å². The fourth-order valence-corrected chi connectivity index (χ4v) is 4.12. The van der Waals surface area contributed by atoms with Crippen molar-refractivity contribution in [1.29, 1.82) is 0 Å². The van der Waals surface area contributed by atoms with Crippen molar-refractivity contribution >= 4 is 39.9 Å². The lowest BCUT2D eigenvalue weighted by atomic mass is 10.1. The Morgan fingerprint density at radius 2 is 1.81 bits per heavy atom. The second kappa shape index (κ2) is 13.0. The van der Waals surface area contributed by atoms with Gasteiger partial charge >= 0.3 is 6.03 Å². The number of hydrogen-bond acceptors (Lipinski definition) is 7. The van der Waals surface area contributed by atoms with Crippen molar-refractivity contribution in [3.63, 3.8) is 0 Å². The maximum absolute atomic E-state index is 13.3. The number of carbonyl (C=O) groups is 3. The second-order valence-electron chi connectivity index (χ2n) is 7.90. The van der Waals surface area contributed by atoms with Gasteiger partial charge in [0.05, 0.1) is 31.3 Å². The quantitative estimate of drug-likeness (QED) is 0.220. The number of benzene rings is 2. The molecule has 1 fully saturated rings. The molecular weight excluding hydrogens is 544 g/mol. The number of nitrogens with zero attached hydrogens (tertiary/aromatic N) is 1. The summed E-state index contributed by atoms with van der Waals surface area (Å²) < 4.78 is 23.0. The molecule has 0 bridgehead atoms. The number of imide groups is 2. The summed E-state index contributed by atoms with van der Waals surface area (Å²) in [5.74, 6) is 0.441. The zero-order valence-electron chi connectivity index (χ0n) is 21.0. The SMILES string of the molecule is C=CCOc1c(Br)cc(/C=C2\C(=O)NC(=O)N(Cc3ccc(OCCC)c(OCC)c3)C2=O)cc1OC. The largest absolute Gasteiger partial charge is 0.493 e. The normalized spacial score (nSPS) is 14.4. The number of carbonyl (C=O) groups excluding carboxylic acids is 3. The number of rotatable bonds is 12. The number of amides is 4. The lowest BCUT2D eigenvalue weighted by Crippen LogP contribution is -2.53. The molecule has 4 amide bonds. The first kappa shape index (κ1) is 27.8. The molecule has 1 saturated heterocycles. The van der Waals surface area contributed by atoms with Gasteiger partial charge in [0.25, 0.3) is 11.8 Å². The van der Waals surface area contributed by atoms with Crippen LogP contribution in [0.4, 0.5) is 4.79 Å². The molecule has 0 spiro atoms. The lowest BCUT2D eigenvalue weighted by molar-refractivity contribution is -0.130. The molecule has 0 radical (unpaired) electrons. The van der Waals surface area contributed by atoms with Crippen LogP contribution in [0.15, 0.2) is 53.0 Å². The van der Waals surface area contributed by atoms with E-state index in [0.29, 0.717) is 51.8 Å². The fraction of sp³-hybridized carbons (Fsp3) is 0.296. The van der Waals surface area contributed by atoms with E-state index in [-0.39, 0.29) is 18.7 Å². The lowest BCUT2D eigenvalue weighted by Gasteiger charge is -2.26. The summed E-state index contributed by atoms with van der Waals surface area (Å²) in [7, 11) is 1.48. The van der Waals surface area contributed by atoms with Gasteiger partial charge in [0.1, 0.15) is 12.2 Å². The van der Waals surface area contributed by atoms with Crippen molar-refractivity contribution < 1.29 is 33.3 Å². The third-order valence-corrected chi connectivity index (χ3v) is 5.79. The Bertz CT molecular complexity index is 1230. The third-order valence-electron chi connectivity index (χ3n) is 5.20. The minimum Gasteiger partial charge on any atom is -0.493 e. The van der Waals surface area contributed by atoms with Crippen molar-refractivity contribution in [3.05, 3.63) is 64.2 Å². The molecule has 1 aliphatic heterocycles. The summed E-state index contributed by atoms with van der Waals surface area (Å²) in [6.45, 7) is 8.64. The predicted molar refractivity (Wildman–Crippen MR) is 142 cm³/mol. The molecule has 9 nitrogen and oxygen atoms in total. The molecule has 1 N–H and O–H groups in total. The van der Waals surface area contributed by atoms with Gasteiger partial charge in [0.15, 0.2) is 23.0 Å². The number of halogens is 1. The van der Waals surface area contributed by atoms with Crippen LogP contribution < -0.4 is 24.3 Å². The molecule has 196 valence electrons. The van der Waals surface area contributed by atoms with Crippen molar-refractivity contribution in [2.24, 2.45) is 0 Å². The van der Waals surface area contributed by atoms with Crippen molar-refractivity contribution in [2.45, 2.75) is 26.8 Å². The van der Waals surface area contributed by atoms with Gasteiger partial charge in [-0.05, 0) is 70.7 Å². The third kappa shape index (κ3) is 6.71. The van der Waals surface area contributed by atoms with Gasteiger partial charge in [-0.25, -0.2) is 4.79 Å². The summed E-state index contributed by atoms with van der Waals surface area (Å²) in [5.41, 5.74) is 0.942. The van der Waals surface area contributed by atoms with Crippen LogP contribution in [-0.4, -0.2) is 49.7 Å². The first-order valence-corrected chi connectivity index (χ1v) is 12.5. The molecule has 0 aromatic heterocycles. The molecule has 37 heavy (non-hydrogen) atoms. The van der Waals surface area contributed by atoms with Crippen molar-refractivity contribution in [1.82, 2.24) is 10.2 Å². The van der Waals surface area contributed by atoms with Crippen LogP contribution in [0.2, 0.25) is 0 Å². The highest BCUT2D eigenvalue weighted by molar-refractivity contribution is 9.10. The summed E-state index contributed by atoms with van der Waals surface area (Å²) in [4.78, 5) is 39.4. The van der Waals surface area contributed by atoms with E-state index < -0.39 is 17.8 Å². The first-order chi connectivity index (χ1) is 17.8. The number of barbiturate groups is 1. The van der Waals surface area contributed by atoms with E-state index in [0.717, 1.165) is 11.3 Å². The number of nitrogens with one attached hydrogen (secondary N) is 1. The maximum Gasteiger partial charge on any atom is 0.331 e. The Labute approximate surface area is 224 Å². The molecule has 2 aromatic carbocycles. The highest BCUT2D eigenvalue weighted by Gasteiger charge is 2.36. The smallest absolute Gasteiger partial charge is 0.331 e. The monoisotopic (exact) mass is 572 g/mol. The summed E-state index contributed by atoms with van der Waals surface area (Å²) in [6, 6.07) is 7.71. The molecule has 0 aliphatic carbocycles. The van der Waals surface area contributed by atoms with Gasteiger partial charge in [-0.1, -0.05) is 25.6 Å². The predicted octanol–water partition coefficient (Wildman–Crippen LogP) is 4.87. The minimum atomic E-state index is -0.802. The molecule has 0 atom stereocenters.